The summed E-state index contributed by atoms with van der Waals surface area (Å²) in [5.74, 6) is 0.895. The van der Waals surface area contributed by atoms with E-state index >= 15 is 0 Å². The summed E-state index contributed by atoms with van der Waals surface area (Å²) in [5.41, 5.74) is 7.13. The maximum Gasteiger partial charge on any atom is 0.0951 e. The van der Waals surface area contributed by atoms with E-state index in [2.05, 4.69) is 14.9 Å². The van der Waals surface area contributed by atoms with Gasteiger partial charge in [0.15, 0.2) is 0 Å². The van der Waals surface area contributed by atoms with Crippen LogP contribution in [0.5, 0.6) is 0 Å². The molecule has 4 nitrogen and oxygen atoms in total. The number of hydrogen-bond donors (Lipinski definition) is 2. The second-order valence-electron chi connectivity index (χ2n) is 5.10. The number of aromatic nitrogens is 2. The highest BCUT2D eigenvalue weighted by Gasteiger charge is 2.28. The largest absolute Gasteiger partial charge is 0.330 e. The maximum atomic E-state index is 5.86. The Morgan fingerprint density at radius 3 is 2.88 bits per heavy atom. The van der Waals surface area contributed by atoms with Gasteiger partial charge in [0, 0.05) is 18.8 Å². The van der Waals surface area contributed by atoms with Crippen molar-refractivity contribution in [2.45, 2.75) is 37.8 Å². The van der Waals surface area contributed by atoms with Crippen molar-refractivity contribution in [3.8, 4) is 0 Å². The van der Waals surface area contributed by atoms with Gasteiger partial charge >= 0.3 is 0 Å². The minimum atomic E-state index is 0.281. The van der Waals surface area contributed by atoms with Crippen molar-refractivity contribution in [2.24, 2.45) is 11.7 Å². The van der Waals surface area contributed by atoms with Crippen molar-refractivity contribution in [3.63, 3.8) is 0 Å². The van der Waals surface area contributed by atoms with Crippen molar-refractivity contribution in [2.75, 3.05) is 13.1 Å². The molecule has 1 atom stereocenters. The molecule has 3 rings (SSSR count). The molecular formula is C12H20N4. The van der Waals surface area contributed by atoms with E-state index in [9.17, 15) is 0 Å². The number of rotatable bonds is 6. The maximum absolute atomic E-state index is 5.86. The molecule has 2 aliphatic rings. The summed E-state index contributed by atoms with van der Waals surface area (Å²) in [4.78, 5) is 4.26. The number of nitrogens with two attached hydrogens (primary N) is 1. The van der Waals surface area contributed by atoms with Gasteiger partial charge in [0.2, 0.25) is 0 Å². The lowest BCUT2D eigenvalue weighted by molar-refractivity contribution is 0.489. The predicted molar refractivity (Wildman–Crippen MR) is 63.0 cm³/mol. The van der Waals surface area contributed by atoms with Gasteiger partial charge in [-0.1, -0.05) is 0 Å². The molecule has 2 saturated carbocycles. The molecule has 16 heavy (non-hydrogen) atoms. The molecule has 0 aromatic carbocycles. The second kappa shape index (κ2) is 4.18. The lowest BCUT2D eigenvalue weighted by Crippen LogP contribution is -2.31. The zero-order valence-corrected chi connectivity index (χ0v) is 9.60. The van der Waals surface area contributed by atoms with Gasteiger partial charge in [0.1, 0.15) is 0 Å². The zero-order chi connectivity index (χ0) is 11.0. The van der Waals surface area contributed by atoms with Crippen LogP contribution in [0.15, 0.2) is 12.5 Å². The molecule has 88 valence electrons. The summed E-state index contributed by atoms with van der Waals surface area (Å²) in [6.07, 6.45) is 9.27. The van der Waals surface area contributed by atoms with Crippen LogP contribution in [0.1, 0.15) is 43.5 Å². The van der Waals surface area contributed by atoms with Crippen LogP contribution in [0.4, 0.5) is 0 Å². The zero-order valence-electron chi connectivity index (χ0n) is 9.60. The minimum Gasteiger partial charge on any atom is -0.330 e. The first-order valence-electron chi connectivity index (χ1n) is 6.33. The Morgan fingerprint density at radius 2 is 2.25 bits per heavy atom. The SMILES string of the molecule is NCC(NCC1CC1)c1cncn1C1CC1. The van der Waals surface area contributed by atoms with Crippen LogP contribution in [-0.2, 0) is 0 Å². The van der Waals surface area contributed by atoms with E-state index in [0.29, 0.717) is 12.6 Å². The molecule has 1 heterocycles. The molecule has 0 amide bonds. The number of imidazole rings is 1. The molecule has 2 aliphatic carbocycles. The highest BCUT2D eigenvalue weighted by Crippen LogP contribution is 2.37. The van der Waals surface area contributed by atoms with Crippen LogP contribution >= 0.6 is 0 Å². The topological polar surface area (TPSA) is 55.9 Å². The molecule has 1 aromatic rings. The first kappa shape index (κ1) is 10.3. The summed E-state index contributed by atoms with van der Waals surface area (Å²) in [6.45, 7) is 1.77. The molecule has 0 bridgehead atoms. The molecular weight excluding hydrogens is 200 g/mol. The van der Waals surface area contributed by atoms with E-state index in [0.717, 1.165) is 12.5 Å². The molecule has 1 unspecified atom stereocenters. The molecule has 0 spiro atoms. The Labute approximate surface area is 96.2 Å². The first-order chi connectivity index (χ1) is 7.88. The van der Waals surface area contributed by atoms with Crippen LogP contribution < -0.4 is 11.1 Å². The van der Waals surface area contributed by atoms with Gasteiger partial charge in [-0.05, 0) is 38.1 Å². The Kier molecular flexibility index (Phi) is 2.69. The molecule has 4 heteroatoms. The van der Waals surface area contributed by atoms with Gasteiger partial charge in [-0.25, -0.2) is 4.98 Å². The quantitative estimate of drug-likeness (QED) is 0.758. The fraction of sp³-hybridized carbons (Fsp3) is 0.750. The third-order valence-corrected chi connectivity index (χ3v) is 3.58. The summed E-state index contributed by atoms with van der Waals surface area (Å²) >= 11 is 0. The summed E-state index contributed by atoms with van der Waals surface area (Å²) in [5, 5.41) is 3.57. The van der Waals surface area contributed by atoms with Crippen molar-refractivity contribution in [1.29, 1.82) is 0 Å². The average Bonchev–Trinajstić information content (AvgIpc) is 3.21. The Hall–Kier alpha value is -0.870. The second-order valence-corrected chi connectivity index (χ2v) is 5.10. The van der Waals surface area contributed by atoms with Crippen molar-refractivity contribution >= 4 is 0 Å². The van der Waals surface area contributed by atoms with E-state index in [1.807, 2.05) is 12.5 Å². The van der Waals surface area contributed by atoms with Crippen LogP contribution in [-0.4, -0.2) is 22.6 Å². The number of nitrogens with zero attached hydrogens (tertiary/aromatic N) is 2. The van der Waals surface area contributed by atoms with Gasteiger partial charge in [-0.2, -0.15) is 0 Å². The van der Waals surface area contributed by atoms with Crippen molar-refractivity contribution < 1.29 is 0 Å². The molecule has 0 aliphatic heterocycles. The molecule has 2 fully saturated rings. The van der Waals surface area contributed by atoms with E-state index in [1.54, 1.807) is 0 Å². The molecule has 0 saturated heterocycles. The molecule has 0 radical (unpaired) electrons. The Balaban J connectivity index is 1.68. The van der Waals surface area contributed by atoms with Crippen LogP contribution in [0.3, 0.4) is 0 Å². The highest BCUT2D eigenvalue weighted by atomic mass is 15.1. The summed E-state index contributed by atoms with van der Waals surface area (Å²) < 4.78 is 2.30. The highest BCUT2D eigenvalue weighted by molar-refractivity contribution is 5.09. The van der Waals surface area contributed by atoms with Gasteiger partial charge in [-0.3, -0.25) is 0 Å². The fourth-order valence-electron chi connectivity index (χ4n) is 2.18. The standard InChI is InChI=1S/C12H20N4/c13-5-11(15-6-9-1-2-9)12-7-14-8-16(12)10-3-4-10/h7-11,15H,1-6,13H2. The predicted octanol–water partition coefficient (Wildman–Crippen LogP) is 1.22. The number of hydrogen-bond acceptors (Lipinski definition) is 3. The third kappa shape index (κ3) is 2.13. The first-order valence-corrected chi connectivity index (χ1v) is 6.33. The summed E-state index contributed by atoms with van der Waals surface area (Å²) in [7, 11) is 0. The molecule has 1 aromatic heterocycles. The van der Waals surface area contributed by atoms with Gasteiger partial charge in [0.05, 0.1) is 18.1 Å². The lowest BCUT2D eigenvalue weighted by atomic mass is 10.2. The minimum absolute atomic E-state index is 0.281. The van der Waals surface area contributed by atoms with E-state index in [-0.39, 0.29) is 6.04 Å². The summed E-state index contributed by atoms with van der Waals surface area (Å²) in [6, 6.07) is 0.970. The monoisotopic (exact) mass is 220 g/mol. The normalized spacial score (nSPS) is 22.3. The van der Waals surface area contributed by atoms with E-state index < -0.39 is 0 Å². The van der Waals surface area contributed by atoms with Gasteiger partial charge in [0.25, 0.3) is 0 Å². The van der Waals surface area contributed by atoms with Gasteiger partial charge < -0.3 is 15.6 Å². The van der Waals surface area contributed by atoms with Crippen LogP contribution in [0, 0.1) is 5.92 Å². The smallest absolute Gasteiger partial charge is 0.0951 e. The van der Waals surface area contributed by atoms with Gasteiger partial charge in [-0.15, -0.1) is 0 Å². The van der Waals surface area contributed by atoms with Crippen LogP contribution in [0.25, 0.3) is 0 Å². The van der Waals surface area contributed by atoms with Crippen molar-refractivity contribution in [1.82, 2.24) is 14.9 Å². The Morgan fingerprint density at radius 1 is 1.44 bits per heavy atom. The molecule has 3 N–H and O–H groups in total. The van der Waals surface area contributed by atoms with E-state index in [4.69, 9.17) is 5.73 Å². The average molecular weight is 220 g/mol. The van der Waals surface area contributed by atoms with Crippen LogP contribution in [0.2, 0.25) is 0 Å². The number of nitrogens with one attached hydrogen (secondary N) is 1. The fourth-order valence-corrected chi connectivity index (χ4v) is 2.18. The Bertz CT molecular complexity index is 352. The lowest BCUT2D eigenvalue weighted by Gasteiger charge is -2.18. The van der Waals surface area contributed by atoms with E-state index in [1.165, 1.54) is 31.4 Å². The van der Waals surface area contributed by atoms with Crippen molar-refractivity contribution in [3.05, 3.63) is 18.2 Å². The third-order valence-electron chi connectivity index (χ3n) is 3.58.